The Morgan fingerprint density at radius 3 is 2.67 bits per heavy atom. The number of halogens is 1. The van der Waals surface area contributed by atoms with Crippen molar-refractivity contribution in [1.82, 2.24) is 5.32 Å². The second-order valence-electron chi connectivity index (χ2n) is 4.52. The number of methoxy groups -OCH3 is 1. The normalized spacial score (nSPS) is 13.5. The van der Waals surface area contributed by atoms with E-state index in [1.54, 1.807) is 0 Å². The number of hydrogen-bond acceptors (Lipinski definition) is 5. The van der Waals surface area contributed by atoms with E-state index in [2.05, 4.69) is 5.32 Å². The monoisotopic (exact) mass is 300 g/mol. The maximum absolute atomic E-state index is 12.7. The molecule has 0 spiro atoms. The smallest absolute Gasteiger partial charge is 0.222 e. The van der Waals surface area contributed by atoms with E-state index in [0.717, 1.165) is 0 Å². The van der Waals surface area contributed by atoms with Crippen molar-refractivity contribution in [2.24, 2.45) is 5.73 Å². The molecule has 1 aromatic rings. The van der Waals surface area contributed by atoms with Gasteiger partial charge in [0.15, 0.2) is 0 Å². The third-order valence-electron chi connectivity index (χ3n) is 2.80. The van der Waals surface area contributed by atoms with Gasteiger partial charge in [0, 0.05) is 20.2 Å². The number of ether oxygens (including phenoxy) is 2. The molecule has 1 aromatic carbocycles. The third kappa shape index (κ3) is 7.03. The van der Waals surface area contributed by atoms with Crippen LogP contribution in [0.15, 0.2) is 24.3 Å². The van der Waals surface area contributed by atoms with E-state index in [-0.39, 0.29) is 43.9 Å². The van der Waals surface area contributed by atoms with E-state index in [4.69, 9.17) is 15.2 Å². The Balaban J connectivity index is 2.23. The first-order valence-electron chi connectivity index (χ1n) is 6.61. The van der Waals surface area contributed by atoms with Gasteiger partial charge in [-0.15, -0.1) is 0 Å². The summed E-state index contributed by atoms with van der Waals surface area (Å²) >= 11 is 0. The van der Waals surface area contributed by atoms with Gasteiger partial charge in [0.1, 0.15) is 24.3 Å². The van der Waals surface area contributed by atoms with Crippen molar-refractivity contribution in [3.05, 3.63) is 30.1 Å². The molecule has 1 rings (SSSR count). The number of nitrogens with two attached hydrogens (primary N) is 1. The van der Waals surface area contributed by atoms with Crippen molar-refractivity contribution in [2.45, 2.75) is 18.6 Å². The van der Waals surface area contributed by atoms with Crippen LogP contribution in [0.2, 0.25) is 0 Å². The Labute approximate surface area is 123 Å². The number of carbonyl (C=O) groups excluding carboxylic acids is 1. The largest absolute Gasteiger partial charge is 0.491 e. The fraction of sp³-hybridized carbons (Fsp3) is 0.500. The van der Waals surface area contributed by atoms with Gasteiger partial charge in [-0.05, 0) is 24.3 Å². The molecule has 7 heteroatoms. The predicted octanol–water partition coefficient (Wildman–Crippen LogP) is 0.0454. The molecule has 0 aromatic heterocycles. The van der Waals surface area contributed by atoms with Gasteiger partial charge in [-0.1, -0.05) is 0 Å². The molecule has 2 atom stereocenters. The number of aliphatic hydroxyl groups is 1. The molecule has 21 heavy (non-hydrogen) atoms. The van der Waals surface area contributed by atoms with E-state index in [0.29, 0.717) is 5.75 Å². The molecule has 2 unspecified atom stereocenters. The van der Waals surface area contributed by atoms with E-state index in [1.807, 2.05) is 0 Å². The molecule has 0 bridgehead atoms. The topological polar surface area (TPSA) is 93.8 Å². The third-order valence-corrected chi connectivity index (χ3v) is 2.80. The lowest BCUT2D eigenvalue weighted by atomic mass is 10.2. The summed E-state index contributed by atoms with van der Waals surface area (Å²) in [6.07, 6.45) is -1.06. The summed E-state index contributed by atoms with van der Waals surface area (Å²) < 4.78 is 22.9. The first kappa shape index (κ1) is 17.4. The molecule has 0 aliphatic carbocycles. The Hall–Kier alpha value is -1.70. The number of aliphatic hydroxyl groups excluding tert-OH is 1. The molecule has 0 fully saturated rings. The highest BCUT2D eigenvalue weighted by Crippen LogP contribution is 2.11. The number of benzene rings is 1. The zero-order valence-corrected chi connectivity index (χ0v) is 11.9. The fourth-order valence-electron chi connectivity index (χ4n) is 1.56. The van der Waals surface area contributed by atoms with E-state index in [9.17, 15) is 14.3 Å². The van der Waals surface area contributed by atoms with Crippen molar-refractivity contribution < 1.29 is 23.8 Å². The van der Waals surface area contributed by atoms with Crippen LogP contribution in [-0.4, -0.2) is 50.0 Å². The van der Waals surface area contributed by atoms with Crippen LogP contribution in [-0.2, 0) is 9.53 Å². The molecular formula is C14H21FN2O4. The standard InChI is InChI=1S/C14H21FN2O4/c1-20-13(7-16)6-14(19)17-8-11(18)9-21-12-4-2-10(15)3-5-12/h2-5,11,13,18H,6-9,16H2,1H3,(H,17,19). The van der Waals surface area contributed by atoms with Crippen molar-refractivity contribution in [2.75, 3.05) is 26.8 Å². The minimum atomic E-state index is -0.863. The molecule has 0 radical (unpaired) electrons. The lowest BCUT2D eigenvalue weighted by Gasteiger charge is -2.15. The molecular weight excluding hydrogens is 279 g/mol. The highest BCUT2D eigenvalue weighted by molar-refractivity contribution is 5.76. The number of rotatable bonds is 9. The maximum atomic E-state index is 12.7. The Bertz CT molecular complexity index is 423. The lowest BCUT2D eigenvalue weighted by Crippen LogP contribution is -2.38. The Morgan fingerprint density at radius 2 is 2.10 bits per heavy atom. The van der Waals surface area contributed by atoms with Gasteiger partial charge in [-0.3, -0.25) is 4.79 Å². The zero-order valence-electron chi connectivity index (χ0n) is 11.9. The summed E-state index contributed by atoms with van der Waals surface area (Å²) in [6.45, 7) is 0.303. The molecule has 0 aliphatic heterocycles. The van der Waals surface area contributed by atoms with Gasteiger partial charge < -0.3 is 25.6 Å². The number of carbonyl (C=O) groups is 1. The van der Waals surface area contributed by atoms with Crippen molar-refractivity contribution in [3.8, 4) is 5.75 Å². The highest BCUT2D eigenvalue weighted by atomic mass is 19.1. The quantitative estimate of drug-likeness (QED) is 0.599. The van der Waals surface area contributed by atoms with Crippen LogP contribution in [0.5, 0.6) is 5.75 Å². The van der Waals surface area contributed by atoms with Crippen molar-refractivity contribution in [3.63, 3.8) is 0 Å². The molecule has 1 amide bonds. The van der Waals surface area contributed by atoms with E-state index < -0.39 is 6.10 Å². The van der Waals surface area contributed by atoms with Crippen LogP contribution in [0.1, 0.15) is 6.42 Å². The number of amides is 1. The molecule has 4 N–H and O–H groups in total. The minimum Gasteiger partial charge on any atom is -0.491 e. The first-order valence-corrected chi connectivity index (χ1v) is 6.61. The molecule has 0 saturated heterocycles. The molecule has 6 nitrogen and oxygen atoms in total. The van der Waals surface area contributed by atoms with Gasteiger partial charge in [-0.25, -0.2) is 4.39 Å². The molecule has 0 aliphatic rings. The predicted molar refractivity (Wildman–Crippen MR) is 75.4 cm³/mol. The van der Waals surface area contributed by atoms with Gasteiger partial charge >= 0.3 is 0 Å². The van der Waals surface area contributed by atoms with Crippen molar-refractivity contribution in [1.29, 1.82) is 0 Å². The molecule has 0 heterocycles. The highest BCUT2D eigenvalue weighted by Gasteiger charge is 2.13. The summed E-state index contributed by atoms with van der Waals surface area (Å²) in [6, 6.07) is 5.46. The zero-order chi connectivity index (χ0) is 15.7. The summed E-state index contributed by atoms with van der Waals surface area (Å²) in [5, 5.41) is 12.3. The van der Waals surface area contributed by atoms with Gasteiger partial charge in [0.25, 0.3) is 0 Å². The van der Waals surface area contributed by atoms with Crippen LogP contribution < -0.4 is 15.8 Å². The second kappa shape index (κ2) is 9.28. The maximum Gasteiger partial charge on any atom is 0.222 e. The van der Waals surface area contributed by atoms with Gasteiger partial charge in [0.2, 0.25) is 5.91 Å². The van der Waals surface area contributed by atoms with Crippen LogP contribution in [0.3, 0.4) is 0 Å². The number of nitrogens with one attached hydrogen (secondary N) is 1. The summed E-state index contributed by atoms with van der Waals surface area (Å²) in [5.74, 6) is -0.166. The Kier molecular flexibility index (Phi) is 7.66. The van der Waals surface area contributed by atoms with Gasteiger partial charge in [-0.2, -0.15) is 0 Å². The summed E-state index contributed by atoms with van der Waals surface area (Å²) in [4.78, 5) is 11.5. The van der Waals surface area contributed by atoms with Gasteiger partial charge in [0.05, 0.1) is 12.5 Å². The molecule has 0 saturated carbocycles. The van der Waals surface area contributed by atoms with Crippen molar-refractivity contribution >= 4 is 5.91 Å². The summed E-state index contributed by atoms with van der Waals surface area (Å²) in [5.41, 5.74) is 5.41. The van der Waals surface area contributed by atoms with E-state index in [1.165, 1.54) is 31.4 Å². The Morgan fingerprint density at radius 1 is 1.43 bits per heavy atom. The first-order chi connectivity index (χ1) is 10.0. The average Bonchev–Trinajstić information content (AvgIpc) is 2.50. The fourth-order valence-corrected chi connectivity index (χ4v) is 1.56. The van der Waals surface area contributed by atoms with Crippen LogP contribution in [0, 0.1) is 5.82 Å². The van der Waals surface area contributed by atoms with Crippen LogP contribution in [0.4, 0.5) is 4.39 Å². The minimum absolute atomic E-state index is 0.00346. The molecule has 118 valence electrons. The SMILES string of the molecule is COC(CN)CC(=O)NCC(O)COc1ccc(F)cc1. The van der Waals surface area contributed by atoms with E-state index >= 15 is 0 Å². The van der Waals surface area contributed by atoms with Crippen LogP contribution in [0.25, 0.3) is 0 Å². The van der Waals surface area contributed by atoms with Crippen LogP contribution >= 0.6 is 0 Å². The summed E-state index contributed by atoms with van der Waals surface area (Å²) in [7, 11) is 1.48. The average molecular weight is 300 g/mol. The number of hydrogen-bond donors (Lipinski definition) is 3. The lowest BCUT2D eigenvalue weighted by molar-refractivity contribution is -0.123. The second-order valence-corrected chi connectivity index (χ2v) is 4.52.